The van der Waals surface area contributed by atoms with Crippen LogP contribution < -0.4 is 20.1 Å². The third kappa shape index (κ3) is 3.76. The smallest absolute Gasteiger partial charge is 0.319 e. The van der Waals surface area contributed by atoms with E-state index in [1.165, 1.54) is 12.8 Å². The van der Waals surface area contributed by atoms with Crippen LogP contribution in [0.25, 0.3) is 0 Å². The molecule has 104 valence electrons. The molecule has 2 N–H and O–H groups in total. The topological polar surface area (TPSA) is 59.6 Å². The summed E-state index contributed by atoms with van der Waals surface area (Å²) in [5, 5.41) is 5.63. The number of hydrogen-bond donors (Lipinski definition) is 2. The van der Waals surface area contributed by atoms with Gasteiger partial charge in [-0.25, -0.2) is 4.79 Å². The van der Waals surface area contributed by atoms with Crippen molar-refractivity contribution in [3.8, 4) is 11.5 Å². The quantitative estimate of drug-likeness (QED) is 0.873. The Morgan fingerprint density at radius 1 is 1.32 bits per heavy atom. The van der Waals surface area contributed by atoms with Crippen molar-refractivity contribution >= 4 is 27.6 Å². The van der Waals surface area contributed by atoms with Gasteiger partial charge in [-0.2, -0.15) is 0 Å². The van der Waals surface area contributed by atoms with Crippen LogP contribution in [0.15, 0.2) is 16.6 Å². The monoisotopic (exact) mass is 328 g/mol. The number of halogens is 1. The normalized spacial score (nSPS) is 13.8. The molecule has 0 aliphatic heterocycles. The van der Waals surface area contributed by atoms with Crippen LogP contribution in [0.2, 0.25) is 0 Å². The molecule has 1 aliphatic rings. The van der Waals surface area contributed by atoms with E-state index in [0.717, 1.165) is 11.0 Å². The molecule has 0 spiro atoms. The Morgan fingerprint density at radius 3 is 2.53 bits per heavy atom. The lowest BCUT2D eigenvalue weighted by Crippen LogP contribution is -2.30. The Kier molecular flexibility index (Phi) is 4.52. The standard InChI is InChI=1S/C13H17BrN2O3/c1-18-11-5-9(14)10(6-12(11)19-2)16-13(17)15-7-8-3-4-8/h5-6,8H,3-4,7H2,1-2H3,(H2,15,16,17). The third-order valence-corrected chi connectivity index (χ3v) is 3.63. The number of amides is 2. The molecule has 5 nitrogen and oxygen atoms in total. The van der Waals surface area contributed by atoms with E-state index in [2.05, 4.69) is 26.6 Å². The Bertz CT molecular complexity index is 475. The Morgan fingerprint density at radius 2 is 1.95 bits per heavy atom. The van der Waals surface area contributed by atoms with Gasteiger partial charge in [-0.3, -0.25) is 0 Å². The molecule has 0 saturated heterocycles. The van der Waals surface area contributed by atoms with Gasteiger partial charge >= 0.3 is 6.03 Å². The molecular formula is C13H17BrN2O3. The van der Waals surface area contributed by atoms with E-state index >= 15 is 0 Å². The number of ether oxygens (including phenoxy) is 2. The summed E-state index contributed by atoms with van der Waals surface area (Å²) in [6, 6.07) is 3.27. The van der Waals surface area contributed by atoms with Crippen LogP contribution in [0.4, 0.5) is 10.5 Å². The predicted octanol–water partition coefficient (Wildman–Crippen LogP) is 3.00. The average molecular weight is 329 g/mol. The van der Waals surface area contributed by atoms with Crippen LogP contribution in [0.5, 0.6) is 11.5 Å². The first-order valence-electron chi connectivity index (χ1n) is 6.10. The molecule has 6 heteroatoms. The zero-order valence-corrected chi connectivity index (χ0v) is 12.5. The zero-order valence-electron chi connectivity index (χ0n) is 11.0. The van der Waals surface area contributed by atoms with E-state index in [0.29, 0.717) is 23.1 Å². The van der Waals surface area contributed by atoms with Crippen molar-refractivity contribution in [3.05, 3.63) is 16.6 Å². The molecule has 0 atom stereocenters. The molecule has 0 radical (unpaired) electrons. The molecule has 2 amide bonds. The number of carbonyl (C=O) groups is 1. The summed E-state index contributed by atoms with van der Waals surface area (Å²) in [5.74, 6) is 1.83. The summed E-state index contributed by atoms with van der Waals surface area (Å²) >= 11 is 3.39. The maximum Gasteiger partial charge on any atom is 0.319 e. The van der Waals surface area contributed by atoms with Gasteiger partial charge < -0.3 is 20.1 Å². The maximum atomic E-state index is 11.7. The largest absolute Gasteiger partial charge is 0.493 e. The number of nitrogens with one attached hydrogen (secondary N) is 2. The van der Waals surface area contributed by atoms with Gasteiger partial charge in [-0.05, 0) is 34.7 Å². The lowest BCUT2D eigenvalue weighted by Gasteiger charge is -2.13. The average Bonchev–Trinajstić information content (AvgIpc) is 3.22. The van der Waals surface area contributed by atoms with Crippen LogP contribution >= 0.6 is 15.9 Å². The highest BCUT2D eigenvalue weighted by Gasteiger charge is 2.21. The Hall–Kier alpha value is -1.43. The maximum absolute atomic E-state index is 11.7. The number of rotatable bonds is 5. The number of urea groups is 1. The second-order valence-electron chi connectivity index (χ2n) is 4.47. The molecule has 0 unspecified atom stereocenters. The third-order valence-electron chi connectivity index (χ3n) is 2.97. The molecule has 19 heavy (non-hydrogen) atoms. The number of hydrogen-bond acceptors (Lipinski definition) is 3. The number of anilines is 1. The zero-order chi connectivity index (χ0) is 13.8. The molecule has 1 aromatic carbocycles. The van der Waals surface area contributed by atoms with Gasteiger partial charge in [0.1, 0.15) is 0 Å². The summed E-state index contributed by atoms with van der Waals surface area (Å²) < 4.78 is 11.1. The summed E-state index contributed by atoms with van der Waals surface area (Å²) in [6.07, 6.45) is 2.42. The Balaban J connectivity index is 2.03. The fourth-order valence-corrected chi connectivity index (χ4v) is 2.10. The summed E-state index contributed by atoms with van der Waals surface area (Å²) in [7, 11) is 3.13. The predicted molar refractivity (Wildman–Crippen MR) is 77.0 cm³/mol. The highest BCUT2D eigenvalue weighted by Crippen LogP contribution is 2.36. The molecule has 1 aliphatic carbocycles. The highest BCUT2D eigenvalue weighted by atomic mass is 79.9. The minimum absolute atomic E-state index is 0.209. The molecule has 1 fully saturated rings. The second kappa shape index (κ2) is 6.14. The molecular weight excluding hydrogens is 312 g/mol. The number of carbonyl (C=O) groups excluding carboxylic acids is 1. The van der Waals surface area contributed by atoms with Gasteiger partial charge in [0, 0.05) is 23.2 Å². The molecule has 0 heterocycles. The minimum Gasteiger partial charge on any atom is -0.493 e. The first-order chi connectivity index (χ1) is 9.13. The first-order valence-corrected chi connectivity index (χ1v) is 6.89. The fraction of sp³-hybridized carbons (Fsp3) is 0.462. The summed E-state index contributed by atoms with van der Waals surface area (Å²) in [5.41, 5.74) is 0.644. The first kappa shape index (κ1) is 14.0. The molecule has 1 aromatic rings. The summed E-state index contributed by atoms with van der Waals surface area (Å²) in [4.78, 5) is 11.7. The van der Waals surface area contributed by atoms with Gasteiger partial charge in [-0.1, -0.05) is 0 Å². The highest BCUT2D eigenvalue weighted by molar-refractivity contribution is 9.10. The van der Waals surface area contributed by atoms with Crippen LogP contribution in [0.3, 0.4) is 0 Å². The van der Waals surface area contributed by atoms with Crippen molar-refractivity contribution in [2.75, 3.05) is 26.1 Å². The second-order valence-corrected chi connectivity index (χ2v) is 5.32. The van der Waals surface area contributed by atoms with Gasteiger partial charge in [0.2, 0.25) is 0 Å². The van der Waals surface area contributed by atoms with Crippen molar-refractivity contribution in [1.82, 2.24) is 5.32 Å². The number of benzene rings is 1. The van der Waals surface area contributed by atoms with E-state index in [1.54, 1.807) is 26.4 Å². The lowest BCUT2D eigenvalue weighted by atomic mass is 10.2. The van der Waals surface area contributed by atoms with E-state index in [-0.39, 0.29) is 6.03 Å². The molecule has 0 bridgehead atoms. The van der Waals surface area contributed by atoms with E-state index < -0.39 is 0 Å². The molecule has 2 rings (SSSR count). The van der Waals surface area contributed by atoms with E-state index in [9.17, 15) is 4.79 Å². The van der Waals surface area contributed by atoms with Crippen molar-refractivity contribution < 1.29 is 14.3 Å². The van der Waals surface area contributed by atoms with Crippen LogP contribution in [0, 0.1) is 5.92 Å². The van der Waals surface area contributed by atoms with E-state index in [1.807, 2.05) is 0 Å². The van der Waals surface area contributed by atoms with Gasteiger partial charge in [-0.15, -0.1) is 0 Å². The van der Waals surface area contributed by atoms with Crippen molar-refractivity contribution in [2.45, 2.75) is 12.8 Å². The SMILES string of the molecule is COc1cc(Br)c(NC(=O)NCC2CC2)cc1OC. The minimum atomic E-state index is -0.209. The molecule has 0 aromatic heterocycles. The van der Waals surface area contributed by atoms with Crippen LogP contribution in [0.1, 0.15) is 12.8 Å². The molecule has 1 saturated carbocycles. The van der Waals surface area contributed by atoms with E-state index in [4.69, 9.17) is 9.47 Å². The lowest BCUT2D eigenvalue weighted by molar-refractivity contribution is 0.251. The number of methoxy groups -OCH3 is 2. The fourth-order valence-electron chi connectivity index (χ4n) is 1.68. The van der Waals surface area contributed by atoms with Gasteiger partial charge in [0.25, 0.3) is 0 Å². The van der Waals surface area contributed by atoms with Gasteiger partial charge in [0.15, 0.2) is 11.5 Å². The van der Waals surface area contributed by atoms with Crippen LogP contribution in [-0.2, 0) is 0 Å². The van der Waals surface area contributed by atoms with Crippen molar-refractivity contribution in [2.24, 2.45) is 5.92 Å². The van der Waals surface area contributed by atoms with Crippen molar-refractivity contribution in [3.63, 3.8) is 0 Å². The summed E-state index contributed by atoms with van der Waals surface area (Å²) in [6.45, 7) is 0.733. The Labute approximate surface area is 120 Å². The van der Waals surface area contributed by atoms with Crippen molar-refractivity contribution in [1.29, 1.82) is 0 Å². The van der Waals surface area contributed by atoms with Crippen LogP contribution in [-0.4, -0.2) is 26.8 Å². The van der Waals surface area contributed by atoms with Gasteiger partial charge in [0.05, 0.1) is 19.9 Å².